The molecule has 0 bridgehead atoms. The predicted octanol–water partition coefficient (Wildman–Crippen LogP) is 2.71. The summed E-state index contributed by atoms with van der Waals surface area (Å²) in [5.41, 5.74) is 0.138. The molecule has 2 aromatic rings. The fourth-order valence-corrected chi connectivity index (χ4v) is 2.62. The molecule has 0 radical (unpaired) electrons. The summed E-state index contributed by atoms with van der Waals surface area (Å²) in [6, 6.07) is 6.77. The average Bonchev–Trinajstić information content (AvgIpc) is 2.97. The van der Waals surface area contributed by atoms with Gasteiger partial charge in [-0.2, -0.15) is 0 Å². The molecule has 0 aliphatic carbocycles. The first-order valence-corrected chi connectivity index (χ1v) is 8.24. The van der Waals surface area contributed by atoms with Crippen LogP contribution in [0.15, 0.2) is 29.6 Å². The fourth-order valence-electron chi connectivity index (χ4n) is 2.02. The van der Waals surface area contributed by atoms with Gasteiger partial charge in [0.15, 0.2) is 0 Å². The van der Waals surface area contributed by atoms with Crippen LogP contribution < -0.4 is 10.1 Å². The zero-order chi connectivity index (χ0) is 17.7. The zero-order valence-corrected chi connectivity index (χ0v) is 14.9. The molecule has 0 saturated carbocycles. The molecule has 7 heteroatoms. The van der Waals surface area contributed by atoms with E-state index in [0.717, 1.165) is 10.7 Å². The molecule has 0 unspecified atom stereocenters. The van der Waals surface area contributed by atoms with E-state index in [0.29, 0.717) is 17.9 Å². The molecule has 1 N–H and O–H groups in total. The van der Waals surface area contributed by atoms with E-state index in [1.807, 2.05) is 12.3 Å². The lowest BCUT2D eigenvalue weighted by Crippen LogP contribution is -2.50. The van der Waals surface area contributed by atoms with Gasteiger partial charge < -0.3 is 14.8 Å². The fraction of sp³-hybridized carbons (Fsp3) is 0.353. The van der Waals surface area contributed by atoms with Gasteiger partial charge in [0, 0.05) is 10.9 Å². The Hall–Kier alpha value is -2.41. The second-order valence-electron chi connectivity index (χ2n) is 5.75. The second kappa shape index (κ2) is 7.44. The summed E-state index contributed by atoms with van der Waals surface area (Å²) in [6.07, 6.45) is 0. The molecule has 1 aromatic heterocycles. The van der Waals surface area contributed by atoms with Crippen molar-refractivity contribution in [3.63, 3.8) is 0 Å². The number of thiazole rings is 1. The Morgan fingerprint density at radius 3 is 2.71 bits per heavy atom. The van der Waals surface area contributed by atoms with Gasteiger partial charge in [0.2, 0.25) is 0 Å². The summed E-state index contributed by atoms with van der Waals surface area (Å²) in [5.74, 6) is -0.327. The van der Waals surface area contributed by atoms with Gasteiger partial charge >= 0.3 is 5.97 Å². The quantitative estimate of drug-likeness (QED) is 0.812. The van der Waals surface area contributed by atoms with Crippen LogP contribution in [0.1, 0.15) is 34.9 Å². The number of aryl methyl sites for hydroxylation is 1. The molecule has 0 spiro atoms. The van der Waals surface area contributed by atoms with E-state index in [9.17, 15) is 9.59 Å². The van der Waals surface area contributed by atoms with Crippen LogP contribution in [0.5, 0.6) is 5.75 Å². The Balaban J connectivity index is 2.03. The Morgan fingerprint density at radius 2 is 2.08 bits per heavy atom. The first-order valence-electron chi connectivity index (χ1n) is 7.36. The van der Waals surface area contributed by atoms with Gasteiger partial charge in [-0.3, -0.25) is 4.79 Å². The zero-order valence-electron chi connectivity index (χ0n) is 14.1. The molecule has 1 heterocycles. The molecule has 1 aromatic carbocycles. The van der Waals surface area contributed by atoms with Crippen LogP contribution in [0.3, 0.4) is 0 Å². The van der Waals surface area contributed by atoms with E-state index in [-0.39, 0.29) is 5.91 Å². The highest BCUT2D eigenvalue weighted by molar-refractivity contribution is 7.09. The van der Waals surface area contributed by atoms with Crippen LogP contribution in [0, 0.1) is 6.92 Å². The van der Waals surface area contributed by atoms with Crippen molar-refractivity contribution >= 4 is 23.2 Å². The molecule has 0 saturated heterocycles. The third-order valence-electron chi connectivity index (χ3n) is 3.27. The van der Waals surface area contributed by atoms with Crippen LogP contribution in [0.2, 0.25) is 0 Å². The van der Waals surface area contributed by atoms with Gasteiger partial charge in [0.25, 0.3) is 5.91 Å². The van der Waals surface area contributed by atoms with E-state index in [1.54, 1.807) is 49.4 Å². The van der Waals surface area contributed by atoms with Crippen molar-refractivity contribution in [3.05, 3.63) is 45.9 Å². The molecule has 0 atom stereocenters. The molecule has 0 aliphatic rings. The van der Waals surface area contributed by atoms with Gasteiger partial charge in [-0.25, -0.2) is 9.78 Å². The Morgan fingerprint density at radius 1 is 1.33 bits per heavy atom. The summed E-state index contributed by atoms with van der Waals surface area (Å²) in [4.78, 5) is 28.3. The van der Waals surface area contributed by atoms with Crippen molar-refractivity contribution in [2.45, 2.75) is 32.9 Å². The second-order valence-corrected chi connectivity index (χ2v) is 6.81. The van der Waals surface area contributed by atoms with Crippen molar-refractivity contribution in [1.82, 2.24) is 10.3 Å². The number of ether oxygens (including phenoxy) is 2. The van der Waals surface area contributed by atoms with E-state index < -0.39 is 11.5 Å². The normalized spacial score (nSPS) is 11.0. The summed E-state index contributed by atoms with van der Waals surface area (Å²) in [5, 5.41) is 5.56. The Labute approximate surface area is 144 Å². The number of hydrogen-bond donors (Lipinski definition) is 1. The maximum Gasteiger partial charge on any atom is 0.330 e. The van der Waals surface area contributed by atoms with Crippen LogP contribution in [0.4, 0.5) is 0 Å². The van der Waals surface area contributed by atoms with Crippen LogP contribution in [-0.4, -0.2) is 29.5 Å². The van der Waals surface area contributed by atoms with Crippen LogP contribution in [0.25, 0.3) is 0 Å². The van der Waals surface area contributed by atoms with Crippen molar-refractivity contribution in [1.29, 1.82) is 0 Å². The number of rotatable bonds is 6. The number of benzene rings is 1. The van der Waals surface area contributed by atoms with Gasteiger partial charge in [0.05, 0.1) is 17.8 Å². The molecule has 24 heavy (non-hydrogen) atoms. The largest absolute Gasteiger partial charge is 0.487 e. The highest BCUT2D eigenvalue weighted by Crippen LogP contribution is 2.17. The Bertz CT molecular complexity index is 740. The first-order chi connectivity index (χ1) is 11.3. The third-order valence-corrected chi connectivity index (χ3v) is 4.09. The number of amides is 1. The van der Waals surface area contributed by atoms with E-state index in [4.69, 9.17) is 4.74 Å². The number of carbonyl (C=O) groups excluding carboxylic acids is 2. The third kappa shape index (κ3) is 4.55. The van der Waals surface area contributed by atoms with Gasteiger partial charge in [-0.05, 0) is 39.0 Å². The number of hydrogen-bond acceptors (Lipinski definition) is 6. The molecule has 1 amide bonds. The highest BCUT2D eigenvalue weighted by Gasteiger charge is 2.30. The summed E-state index contributed by atoms with van der Waals surface area (Å²) in [7, 11) is 1.28. The molecular weight excluding hydrogens is 328 g/mol. The monoisotopic (exact) mass is 348 g/mol. The number of esters is 1. The minimum Gasteiger partial charge on any atom is -0.487 e. The minimum absolute atomic E-state index is 0.336. The van der Waals surface area contributed by atoms with Crippen LogP contribution in [-0.2, 0) is 16.1 Å². The molecule has 0 fully saturated rings. The number of nitrogens with one attached hydrogen (secondary N) is 1. The lowest BCUT2D eigenvalue weighted by Gasteiger charge is -2.23. The van der Waals surface area contributed by atoms with Crippen LogP contribution >= 0.6 is 11.3 Å². The van der Waals surface area contributed by atoms with Gasteiger partial charge in [-0.15, -0.1) is 11.3 Å². The van der Waals surface area contributed by atoms with E-state index in [1.165, 1.54) is 7.11 Å². The predicted molar refractivity (Wildman–Crippen MR) is 91.2 cm³/mol. The smallest absolute Gasteiger partial charge is 0.330 e. The SMILES string of the molecule is COC(=O)C(C)(C)NC(=O)c1cccc(OCc2csc(C)n2)c1. The van der Waals surface area contributed by atoms with Crippen molar-refractivity contribution < 1.29 is 19.1 Å². The van der Waals surface area contributed by atoms with E-state index >= 15 is 0 Å². The standard InChI is InChI=1S/C17H20N2O4S/c1-11-18-13(10-24-11)9-23-14-7-5-6-12(8-14)15(20)19-17(2,3)16(21)22-4/h5-8,10H,9H2,1-4H3,(H,19,20). The molecule has 0 aliphatic heterocycles. The number of aromatic nitrogens is 1. The van der Waals surface area contributed by atoms with Crippen molar-refractivity contribution in [2.75, 3.05) is 7.11 Å². The molecular formula is C17H20N2O4S. The number of methoxy groups -OCH3 is 1. The lowest BCUT2D eigenvalue weighted by atomic mass is 10.0. The summed E-state index contributed by atoms with van der Waals surface area (Å²) < 4.78 is 10.3. The van der Waals surface area contributed by atoms with Crippen molar-refractivity contribution in [2.24, 2.45) is 0 Å². The maximum absolute atomic E-state index is 12.3. The van der Waals surface area contributed by atoms with Crippen molar-refractivity contribution in [3.8, 4) is 5.75 Å². The first kappa shape index (κ1) is 17.9. The minimum atomic E-state index is -1.11. The molecule has 128 valence electrons. The Kier molecular flexibility index (Phi) is 5.56. The molecule has 6 nitrogen and oxygen atoms in total. The average molecular weight is 348 g/mol. The summed E-state index contributed by atoms with van der Waals surface area (Å²) >= 11 is 1.56. The topological polar surface area (TPSA) is 77.5 Å². The highest BCUT2D eigenvalue weighted by atomic mass is 32.1. The maximum atomic E-state index is 12.3. The summed E-state index contributed by atoms with van der Waals surface area (Å²) in [6.45, 7) is 5.44. The number of carbonyl (C=O) groups is 2. The number of nitrogens with zero attached hydrogens (tertiary/aromatic N) is 1. The lowest BCUT2D eigenvalue weighted by molar-refractivity contribution is -0.146. The van der Waals surface area contributed by atoms with E-state index in [2.05, 4.69) is 15.0 Å². The molecule has 2 rings (SSSR count). The van der Waals surface area contributed by atoms with Gasteiger partial charge in [-0.1, -0.05) is 6.07 Å². The van der Waals surface area contributed by atoms with Gasteiger partial charge in [0.1, 0.15) is 17.9 Å².